The van der Waals surface area contributed by atoms with Gasteiger partial charge in [-0.05, 0) is 25.7 Å². The lowest BCUT2D eigenvalue weighted by molar-refractivity contribution is -0.142. The maximum absolute atomic E-state index is 12.3. The number of carboxylic acids is 1. The molecule has 1 saturated carbocycles. The summed E-state index contributed by atoms with van der Waals surface area (Å²) in [5.74, 6) is -1.32. The topological polar surface area (TPSA) is 107 Å². The monoisotopic (exact) mass is 320 g/mol. The van der Waals surface area contributed by atoms with Crippen molar-refractivity contribution in [3.63, 3.8) is 0 Å². The predicted molar refractivity (Wildman–Crippen MR) is 76.9 cm³/mol. The van der Waals surface area contributed by atoms with Gasteiger partial charge in [0.15, 0.2) is 0 Å². The van der Waals surface area contributed by atoms with Gasteiger partial charge >= 0.3 is 5.97 Å². The Morgan fingerprint density at radius 1 is 1.05 bits per heavy atom. The second-order valence-corrected chi connectivity index (χ2v) is 7.65. The summed E-state index contributed by atoms with van der Waals surface area (Å²) in [4.78, 5) is 10.9. The molecule has 2 atom stereocenters. The van der Waals surface area contributed by atoms with Gasteiger partial charge in [-0.2, -0.15) is 17.4 Å². The zero-order valence-electron chi connectivity index (χ0n) is 12.1. The van der Waals surface area contributed by atoms with E-state index in [1.807, 2.05) is 0 Å². The SMILES string of the molecule is O=C(O)C1CCN(S(=O)(=O)NC2CCCCCC2O)CC1. The summed E-state index contributed by atoms with van der Waals surface area (Å²) < 4.78 is 28.6. The van der Waals surface area contributed by atoms with Crippen molar-refractivity contribution in [3.05, 3.63) is 0 Å². The van der Waals surface area contributed by atoms with Gasteiger partial charge in [0.2, 0.25) is 0 Å². The van der Waals surface area contributed by atoms with Crippen molar-refractivity contribution in [3.8, 4) is 0 Å². The fraction of sp³-hybridized carbons (Fsp3) is 0.923. The second-order valence-electron chi connectivity index (χ2n) is 5.95. The van der Waals surface area contributed by atoms with Crippen LogP contribution in [-0.4, -0.2) is 54.1 Å². The van der Waals surface area contributed by atoms with Crippen LogP contribution in [0.4, 0.5) is 0 Å². The molecule has 0 amide bonds. The molecule has 0 radical (unpaired) electrons. The summed E-state index contributed by atoms with van der Waals surface area (Å²) in [5.41, 5.74) is 0. The van der Waals surface area contributed by atoms with E-state index in [1.54, 1.807) is 0 Å². The Kier molecular flexibility index (Phi) is 5.59. The quantitative estimate of drug-likeness (QED) is 0.646. The number of aliphatic carboxylic acids is 1. The van der Waals surface area contributed by atoms with Crippen LogP contribution in [0.3, 0.4) is 0 Å². The Balaban J connectivity index is 1.94. The molecule has 2 rings (SSSR count). The number of piperidine rings is 1. The maximum atomic E-state index is 12.3. The molecule has 0 bridgehead atoms. The number of hydrogen-bond acceptors (Lipinski definition) is 4. The van der Waals surface area contributed by atoms with E-state index in [9.17, 15) is 18.3 Å². The molecule has 2 unspecified atom stereocenters. The number of aliphatic hydroxyl groups excluding tert-OH is 1. The molecular formula is C13H24N2O5S. The number of nitrogens with one attached hydrogen (secondary N) is 1. The Labute approximate surface area is 125 Å². The van der Waals surface area contributed by atoms with Crippen LogP contribution in [0.5, 0.6) is 0 Å². The highest BCUT2D eigenvalue weighted by Crippen LogP contribution is 2.22. The lowest BCUT2D eigenvalue weighted by atomic mass is 9.99. The van der Waals surface area contributed by atoms with Gasteiger partial charge < -0.3 is 10.2 Å². The molecule has 0 spiro atoms. The molecule has 21 heavy (non-hydrogen) atoms. The summed E-state index contributed by atoms with van der Waals surface area (Å²) >= 11 is 0. The number of carboxylic acid groups (broad SMARTS) is 1. The van der Waals surface area contributed by atoms with Gasteiger partial charge in [0, 0.05) is 19.1 Å². The van der Waals surface area contributed by atoms with Crippen LogP contribution in [0.15, 0.2) is 0 Å². The fourth-order valence-electron chi connectivity index (χ4n) is 3.03. The van der Waals surface area contributed by atoms with Gasteiger partial charge in [-0.1, -0.05) is 19.3 Å². The fourth-order valence-corrected chi connectivity index (χ4v) is 4.53. The third-order valence-corrected chi connectivity index (χ3v) is 6.07. The zero-order chi connectivity index (χ0) is 15.5. The molecule has 1 aliphatic heterocycles. The molecule has 7 nitrogen and oxygen atoms in total. The molecule has 8 heteroatoms. The highest BCUT2D eigenvalue weighted by atomic mass is 32.2. The average Bonchev–Trinajstić information content (AvgIpc) is 2.64. The minimum absolute atomic E-state index is 0.217. The molecule has 0 aromatic rings. The summed E-state index contributed by atoms with van der Waals surface area (Å²) in [6.45, 7) is 0.435. The van der Waals surface area contributed by atoms with Gasteiger partial charge in [-0.3, -0.25) is 4.79 Å². The minimum atomic E-state index is -3.65. The zero-order valence-corrected chi connectivity index (χ0v) is 12.9. The van der Waals surface area contributed by atoms with E-state index in [0.717, 1.165) is 19.3 Å². The van der Waals surface area contributed by atoms with Gasteiger partial charge in [0.25, 0.3) is 10.2 Å². The summed E-state index contributed by atoms with van der Waals surface area (Å²) in [6.07, 6.45) is 4.14. The van der Waals surface area contributed by atoms with Crippen molar-refractivity contribution in [2.45, 2.75) is 57.1 Å². The summed E-state index contributed by atoms with van der Waals surface area (Å²) in [7, 11) is -3.65. The van der Waals surface area contributed by atoms with E-state index in [1.165, 1.54) is 4.31 Å². The molecular weight excluding hydrogens is 296 g/mol. The number of aliphatic hydroxyl groups is 1. The largest absolute Gasteiger partial charge is 0.481 e. The second kappa shape index (κ2) is 7.04. The lowest BCUT2D eigenvalue weighted by Gasteiger charge is -2.31. The first-order chi connectivity index (χ1) is 9.90. The normalized spacial score (nSPS) is 30.0. The van der Waals surface area contributed by atoms with E-state index in [0.29, 0.717) is 25.7 Å². The molecule has 0 aromatic carbocycles. The first-order valence-corrected chi connectivity index (χ1v) is 9.02. The van der Waals surface area contributed by atoms with Crippen molar-refractivity contribution in [2.75, 3.05) is 13.1 Å². The third-order valence-electron chi connectivity index (χ3n) is 4.42. The van der Waals surface area contributed by atoms with E-state index in [-0.39, 0.29) is 13.1 Å². The first-order valence-electron chi connectivity index (χ1n) is 7.58. The van der Waals surface area contributed by atoms with Crippen LogP contribution in [0.2, 0.25) is 0 Å². The molecule has 2 fully saturated rings. The Morgan fingerprint density at radius 2 is 1.67 bits per heavy atom. The highest BCUT2D eigenvalue weighted by Gasteiger charge is 2.33. The maximum Gasteiger partial charge on any atom is 0.306 e. The van der Waals surface area contributed by atoms with E-state index in [4.69, 9.17) is 5.11 Å². The molecule has 1 saturated heterocycles. The van der Waals surface area contributed by atoms with Crippen molar-refractivity contribution in [2.24, 2.45) is 5.92 Å². The summed E-state index contributed by atoms with van der Waals surface area (Å²) in [6, 6.07) is -0.435. The third kappa shape index (κ3) is 4.38. The molecule has 122 valence electrons. The number of rotatable bonds is 4. The Morgan fingerprint density at radius 3 is 2.29 bits per heavy atom. The Hall–Kier alpha value is -0.700. The highest BCUT2D eigenvalue weighted by molar-refractivity contribution is 7.87. The van der Waals surface area contributed by atoms with E-state index in [2.05, 4.69) is 4.72 Å². The molecule has 0 aromatic heterocycles. The van der Waals surface area contributed by atoms with Crippen LogP contribution in [0.25, 0.3) is 0 Å². The minimum Gasteiger partial charge on any atom is -0.481 e. The van der Waals surface area contributed by atoms with Crippen LogP contribution in [-0.2, 0) is 15.0 Å². The van der Waals surface area contributed by atoms with Crippen molar-refractivity contribution < 1.29 is 23.4 Å². The van der Waals surface area contributed by atoms with Gasteiger partial charge in [-0.25, -0.2) is 0 Å². The van der Waals surface area contributed by atoms with Crippen molar-refractivity contribution in [1.82, 2.24) is 9.03 Å². The van der Waals surface area contributed by atoms with E-state index >= 15 is 0 Å². The van der Waals surface area contributed by atoms with Gasteiger partial charge in [-0.15, -0.1) is 0 Å². The van der Waals surface area contributed by atoms with Crippen LogP contribution < -0.4 is 4.72 Å². The smallest absolute Gasteiger partial charge is 0.306 e. The van der Waals surface area contributed by atoms with Gasteiger partial charge in [0.05, 0.1) is 12.0 Å². The van der Waals surface area contributed by atoms with Crippen LogP contribution >= 0.6 is 0 Å². The molecule has 1 aliphatic carbocycles. The van der Waals surface area contributed by atoms with Crippen molar-refractivity contribution >= 4 is 16.2 Å². The predicted octanol–water partition coefficient (Wildman–Crippen LogP) is 0.311. The van der Waals surface area contributed by atoms with Gasteiger partial charge in [0.1, 0.15) is 0 Å². The number of nitrogens with zero attached hydrogens (tertiary/aromatic N) is 1. The van der Waals surface area contributed by atoms with Crippen molar-refractivity contribution in [1.29, 1.82) is 0 Å². The molecule has 2 aliphatic rings. The molecule has 3 N–H and O–H groups in total. The summed E-state index contributed by atoms with van der Waals surface area (Å²) in [5, 5.41) is 18.9. The average molecular weight is 320 g/mol. The van der Waals surface area contributed by atoms with Crippen LogP contribution in [0, 0.1) is 5.92 Å². The first kappa shape index (κ1) is 16.7. The number of carbonyl (C=O) groups is 1. The Bertz CT molecular complexity index is 459. The lowest BCUT2D eigenvalue weighted by Crippen LogP contribution is -2.51. The van der Waals surface area contributed by atoms with E-state index < -0.39 is 34.2 Å². The molecule has 1 heterocycles. The van der Waals surface area contributed by atoms with Crippen LogP contribution in [0.1, 0.15) is 44.9 Å². The number of hydrogen-bond donors (Lipinski definition) is 3. The standard InChI is InChI=1S/C13H24N2O5S/c16-12-5-3-1-2-4-11(12)14-21(19,20)15-8-6-10(7-9-15)13(17)18/h10-12,14,16H,1-9H2,(H,17,18).